The van der Waals surface area contributed by atoms with Crippen molar-refractivity contribution in [1.82, 2.24) is 9.80 Å². The zero-order chi connectivity index (χ0) is 76.5. The molecule has 0 bridgehead atoms. The summed E-state index contributed by atoms with van der Waals surface area (Å²) < 4.78 is 48.8. The third-order valence-corrected chi connectivity index (χ3v) is 43.5. The Bertz CT molecular complexity index is 2400. The van der Waals surface area contributed by atoms with Gasteiger partial charge in [-0.15, -0.1) is 22.2 Å². The fourth-order valence-electron chi connectivity index (χ4n) is 9.38. The summed E-state index contributed by atoms with van der Waals surface area (Å²) >= 11 is 17.6. The van der Waals surface area contributed by atoms with Crippen molar-refractivity contribution in [3.8, 4) is 6.07 Å². The number of nitriles is 1. The van der Waals surface area contributed by atoms with E-state index in [2.05, 4.69) is 148 Å². The molecule has 1 fully saturated rings. The van der Waals surface area contributed by atoms with Crippen LogP contribution in [0.3, 0.4) is 0 Å². The minimum atomic E-state index is -2.63. The lowest BCUT2D eigenvalue weighted by Gasteiger charge is -2.41. The molecule has 1 aliphatic heterocycles. The van der Waals surface area contributed by atoms with Crippen LogP contribution in [0.1, 0.15) is 85.0 Å². The highest BCUT2D eigenvalue weighted by Gasteiger charge is 2.44. The van der Waals surface area contributed by atoms with Crippen LogP contribution in [0.25, 0.3) is 0 Å². The van der Waals surface area contributed by atoms with Crippen LogP contribution in [0.2, 0.25) is 133 Å². The summed E-state index contributed by atoms with van der Waals surface area (Å²) in [5.41, 5.74) is 1.23. The average Bonchev–Trinajstić information content (AvgIpc) is 0.829. The summed E-state index contributed by atoms with van der Waals surface area (Å²) in [6.45, 7) is 48.7. The molecule has 1 aliphatic rings. The van der Waals surface area contributed by atoms with Gasteiger partial charge in [-0.25, -0.2) is 14.4 Å². The zero-order valence-corrected chi connectivity index (χ0v) is 75.6. The van der Waals surface area contributed by atoms with Crippen LogP contribution in [0.4, 0.5) is 0 Å². The highest BCUT2D eigenvalue weighted by molar-refractivity contribution is 7.44. The van der Waals surface area contributed by atoms with Gasteiger partial charge in [0.2, 0.25) is 6.69 Å². The number of cyclic esters (lactones) is 1. The van der Waals surface area contributed by atoms with Gasteiger partial charge in [0, 0.05) is 47.9 Å². The van der Waals surface area contributed by atoms with Gasteiger partial charge < -0.3 is 79.5 Å². The SMILES string of the molecule is C=C(C)C(=O)OCCC[Si](C)(Cl)Cl.C=C(C)C(=O)OCCC[Si](C)(O[Si](C)(C)CCCC[N+](C)(C)CCC(=O)[O-])O[Si](C)(C)CCC[N+](C)(C)CCC(=O)[O-].C=C(C)C(=O)OCCC[Si](C)(O[Si](C)(C)CCN(C)C)O[Si](C)(C)CCN(C)C.C[Si](C)(Cl)CCC#N.O.O=C1CCO1. The smallest absolute Gasteiger partial charge is 0.333 e. The molecular formula is C65H136Cl3N5O17Si8. The fraction of sp³-hybridized carbons (Fsp3) is 0.800. The minimum Gasteiger partial charge on any atom is -0.550 e. The number of carboxylic acids is 2. The topological polar surface area (TPSA) is 284 Å². The van der Waals surface area contributed by atoms with Gasteiger partial charge in [0.1, 0.15) is 6.61 Å². The van der Waals surface area contributed by atoms with Crippen molar-refractivity contribution in [2.24, 2.45) is 0 Å². The molecule has 0 aromatic rings. The number of carbonyl (C=O) groups is 6. The predicted molar refractivity (Wildman–Crippen MR) is 417 cm³/mol. The molecule has 22 nitrogen and oxygen atoms in total. The van der Waals surface area contributed by atoms with Crippen molar-refractivity contribution >= 4 is 134 Å². The summed E-state index contributed by atoms with van der Waals surface area (Å²) in [7, 11) is 2.22. The molecule has 0 aliphatic carbocycles. The van der Waals surface area contributed by atoms with Gasteiger partial charge in [0.05, 0.1) is 86.7 Å². The van der Waals surface area contributed by atoms with Crippen molar-refractivity contribution in [1.29, 1.82) is 5.26 Å². The normalized spacial score (nSPS) is 13.4. The van der Waals surface area contributed by atoms with Gasteiger partial charge in [-0.1, -0.05) is 32.8 Å². The number of unbranched alkanes of at least 4 members (excludes halogenated alkanes) is 1. The van der Waals surface area contributed by atoms with Gasteiger partial charge in [-0.3, -0.25) is 4.79 Å². The lowest BCUT2D eigenvalue weighted by molar-refractivity contribution is -0.890. The van der Waals surface area contributed by atoms with E-state index in [0.717, 1.165) is 107 Å². The molecule has 0 spiro atoms. The third-order valence-electron chi connectivity index (χ3n) is 14.9. The van der Waals surface area contributed by atoms with Crippen molar-refractivity contribution in [3.63, 3.8) is 0 Å². The largest absolute Gasteiger partial charge is 0.550 e. The number of ether oxygens (including phenoxy) is 4. The number of aliphatic carboxylic acids is 2. The van der Waals surface area contributed by atoms with Crippen LogP contribution in [-0.2, 0) is 64.2 Å². The van der Waals surface area contributed by atoms with Crippen LogP contribution in [0.5, 0.6) is 0 Å². The second-order valence-electron chi connectivity index (χ2n) is 30.9. The zero-order valence-electron chi connectivity index (χ0n) is 65.3. The van der Waals surface area contributed by atoms with E-state index in [4.69, 9.17) is 69.2 Å². The Labute approximate surface area is 616 Å². The van der Waals surface area contributed by atoms with Gasteiger partial charge in [-0.2, -0.15) is 16.3 Å². The number of halogens is 3. The number of quaternary nitrogens is 2. The van der Waals surface area contributed by atoms with E-state index >= 15 is 0 Å². The Morgan fingerprint density at radius 2 is 0.806 bits per heavy atom. The number of rotatable bonds is 46. The second-order valence-corrected chi connectivity index (χ2v) is 71.0. The van der Waals surface area contributed by atoms with Gasteiger partial charge in [-0.05, 0) is 221 Å². The van der Waals surface area contributed by atoms with Crippen LogP contribution in [0.15, 0.2) is 36.5 Å². The molecule has 0 aromatic carbocycles. The van der Waals surface area contributed by atoms with E-state index in [-0.39, 0.29) is 42.2 Å². The van der Waals surface area contributed by atoms with Crippen molar-refractivity contribution in [2.75, 3.05) is 122 Å². The molecule has 0 radical (unpaired) electrons. The molecule has 33 heteroatoms. The summed E-state index contributed by atoms with van der Waals surface area (Å²) in [6, 6.07) is 9.37. The van der Waals surface area contributed by atoms with Crippen LogP contribution in [0, 0.1) is 11.3 Å². The first-order valence-corrected chi connectivity index (χ1v) is 60.5. The summed E-state index contributed by atoms with van der Waals surface area (Å²) in [4.78, 5) is 70.3. The quantitative estimate of drug-likeness (QED) is 0.0104. The molecule has 1 rings (SSSR count). The molecule has 0 aromatic heterocycles. The number of hydrogen-bond donors (Lipinski definition) is 0. The van der Waals surface area contributed by atoms with E-state index in [1.807, 2.05) is 33.7 Å². The minimum absolute atomic E-state index is 0. The Kier molecular flexibility index (Phi) is 54.4. The van der Waals surface area contributed by atoms with Gasteiger partial charge in [0.15, 0.2) is 40.7 Å². The third kappa shape index (κ3) is 67.0. The number of hydrogen-bond acceptors (Lipinski definition) is 19. The van der Waals surface area contributed by atoms with Crippen molar-refractivity contribution < 1.29 is 88.8 Å². The average molecular weight is 1590 g/mol. The van der Waals surface area contributed by atoms with E-state index in [9.17, 15) is 39.0 Å². The van der Waals surface area contributed by atoms with Crippen molar-refractivity contribution in [2.45, 2.75) is 218 Å². The number of carboxylic acid groups (broad SMARTS) is 2. The lowest BCUT2D eigenvalue weighted by Crippen LogP contribution is -2.55. The van der Waals surface area contributed by atoms with Crippen LogP contribution < -0.4 is 10.2 Å². The standard InChI is InChI=1S/C29H60N2O8Si3.C20H46N2O4Si3.C8H14Cl2O2Si.C5H10ClNSi.C3H4O2.H2O/c1-26(2)29(36)37-22-15-25-42(11,39-41(9,10)24-14-19-31(5,6)21-17-28(34)35)38-40(7,8)23-13-12-18-30(3,4)20-16-27(32)33;1-19(2)20(23)24-15-12-16-29(11,25-27(7,8)17-13-21(3)4)26-28(9,10)18-14-22(5)6;1-7(2)8(11)12-5-4-6-13(3,9)10;1-8(2,6)5-3-4-7;4-3-1-2-5-3;/h1,12-25H2,2-11H3;1,12-18H2,2-11H3;1,4-6H2,2-3H3;3,5H2,1-2H3;1-2H2;1H2. The fourth-order valence-corrected chi connectivity index (χ4v) is 40.6. The maximum Gasteiger partial charge on any atom is 0.333 e. The van der Waals surface area contributed by atoms with E-state index in [0.29, 0.717) is 84.5 Å². The number of carbonyl (C=O) groups excluding carboxylic acids is 6. The number of esters is 4. The molecule has 98 heavy (non-hydrogen) atoms. The van der Waals surface area contributed by atoms with E-state index in [1.165, 1.54) is 0 Å². The molecule has 2 N–H and O–H groups in total. The first-order valence-electron chi connectivity index (χ1n) is 34.1. The molecule has 0 saturated carbocycles. The monoisotopic (exact) mass is 1590 g/mol. The first kappa shape index (κ1) is 104. The van der Waals surface area contributed by atoms with E-state index < -0.39 is 76.4 Å². The predicted octanol–water partition coefficient (Wildman–Crippen LogP) is 11.2. The molecule has 1 heterocycles. The maximum atomic E-state index is 11.9. The van der Waals surface area contributed by atoms with Gasteiger partial charge >= 0.3 is 41.0 Å². The highest BCUT2D eigenvalue weighted by atomic mass is 35.7. The molecule has 0 amide bonds. The summed E-state index contributed by atoms with van der Waals surface area (Å²) in [5, 5.41) is 29.9. The number of nitrogens with zero attached hydrogens (tertiary/aromatic N) is 5. The Morgan fingerprint density at radius 3 is 1.05 bits per heavy atom. The van der Waals surface area contributed by atoms with Crippen molar-refractivity contribution in [3.05, 3.63) is 36.5 Å². The molecule has 1 saturated heterocycles. The summed E-state index contributed by atoms with van der Waals surface area (Å²) in [5.74, 6) is -3.15. The Hall–Kier alpha value is -2.22. The molecule has 1 unspecified atom stereocenters. The summed E-state index contributed by atoms with van der Waals surface area (Å²) in [6.07, 6.45) is 6.43. The Morgan fingerprint density at radius 1 is 0.510 bits per heavy atom. The molecule has 576 valence electrons. The van der Waals surface area contributed by atoms with E-state index in [1.54, 1.807) is 20.8 Å². The highest BCUT2D eigenvalue weighted by Crippen LogP contribution is 2.32. The first-order chi connectivity index (χ1) is 43.8. The van der Waals surface area contributed by atoms with Crippen LogP contribution in [-0.4, -0.2) is 247 Å². The van der Waals surface area contributed by atoms with Crippen LogP contribution >= 0.6 is 33.2 Å². The Balaban J connectivity index is -0.000000437. The molecular weight excluding hydrogens is 1450 g/mol. The van der Waals surface area contributed by atoms with Gasteiger partial charge in [0.25, 0.3) is 0 Å². The lowest BCUT2D eigenvalue weighted by atomic mass is 10.2. The second kappa shape index (κ2) is 51.0. The maximum absolute atomic E-state index is 11.9. The molecule has 1 atom stereocenters.